The van der Waals surface area contributed by atoms with Crippen molar-refractivity contribution in [1.82, 2.24) is 0 Å². The molecule has 0 aromatic rings. The summed E-state index contributed by atoms with van der Waals surface area (Å²) >= 11 is 19.1. The Morgan fingerprint density at radius 1 is 0.765 bits per heavy atom. The third kappa shape index (κ3) is 16.0. The lowest BCUT2D eigenvalue weighted by atomic mass is 10.4. The zero-order chi connectivity index (χ0) is 12.8. The van der Waals surface area contributed by atoms with Crippen molar-refractivity contribution in [2.75, 3.05) is 46.0 Å². The predicted octanol–water partition coefficient (Wildman–Crippen LogP) is 4.12. The summed E-state index contributed by atoms with van der Waals surface area (Å²) in [5.41, 5.74) is 0. The molecular formula is C11H24S6. The summed E-state index contributed by atoms with van der Waals surface area (Å²) in [5.74, 6) is 9.47. The fourth-order valence-electron chi connectivity index (χ4n) is 1.10. The number of thioether (sulfide) groups is 3. The van der Waals surface area contributed by atoms with Gasteiger partial charge >= 0.3 is 0 Å². The van der Waals surface area contributed by atoms with Crippen molar-refractivity contribution in [3.05, 3.63) is 0 Å². The van der Waals surface area contributed by atoms with E-state index in [9.17, 15) is 0 Å². The molecule has 0 N–H and O–H groups in total. The molecule has 0 aliphatic heterocycles. The van der Waals surface area contributed by atoms with Crippen LogP contribution in [0.1, 0.15) is 12.8 Å². The first-order chi connectivity index (χ1) is 8.31. The third-order valence-electron chi connectivity index (χ3n) is 1.96. The number of thiol groups is 3. The van der Waals surface area contributed by atoms with Crippen molar-refractivity contribution in [3.8, 4) is 0 Å². The molecule has 0 rings (SSSR count). The van der Waals surface area contributed by atoms with Gasteiger partial charge in [0.15, 0.2) is 0 Å². The van der Waals surface area contributed by atoms with Gasteiger partial charge in [0.2, 0.25) is 0 Å². The minimum atomic E-state index is 0.530. The van der Waals surface area contributed by atoms with Gasteiger partial charge in [-0.15, -0.1) is 0 Å². The first kappa shape index (κ1) is 19.1. The topological polar surface area (TPSA) is 0 Å². The molecule has 0 saturated carbocycles. The van der Waals surface area contributed by atoms with Crippen LogP contribution in [0.15, 0.2) is 0 Å². The Bertz CT molecular complexity index is 144. The molecule has 0 bridgehead atoms. The van der Waals surface area contributed by atoms with Gasteiger partial charge in [0.05, 0.1) is 0 Å². The van der Waals surface area contributed by atoms with Crippen LogP contribution in [0.25, 0.3) is 0 Å². The van der Waals surface area contributed by atoms with E-state index < -0.39 is 0 Å². The molecule has 0 spiro atoms. The lowest BCUT2D eigenvalue weighted by molar-refractivity contribution is 0.936. The maximum absolute atomic E-state index is 4.52. The zero-order valence-corrected chi connectivity index (χ0v) is 15.3. The summed E-state index contributed by atoms with van der Waals surface area (Å²) in [4.78, 5) is 0. The van der Waals surface area contributed by atoms with Crippen LogP contribution >= 0.6 is 73.2 Å². The van der Waals surface area contributed by atoms with E-state index in [-0.39, 0.29) is 0 Å². The summed E-state index contributed by atoms with van der Waals surface area (Å²) in [7, 11) is 0. The van der Waals surface area contributed by atoms with Gasteiger partial charge in [-0.05, 0) is 35.9 Å². The van der Waals surface area contributed by atoms with Crippen molar-refractivity contribution in [3.63, 3.8) is 0 Å². The van der Waals surface area contributed by atoms with Gasteiger partial charge in [-0.25, -0.2) is 0 Å². The minimum Gasteiger partial charge on any atom is -0.179 e. The van der Waals surface area contributed by atoms with E-state index in [0.717, 1.165) is 17.9 Å². The van der Waals surface area contributed by atoms with E-state index in [1.54, 1.807) is 0 Å². The first-order valence-electron chi connectivity index (χ1n) is 5.94. The summed E-state index contributed by atoms with van der Waals surface area (Å²) in [5, 5.41) is 0.530. The molecule has 104 valence electrons. The van der Waals surface area contributed by atoms with E-state index in [1.807, 2.05) is 23.5 Å². The van der Waals surface area contributed by atoms with Gasteiger partial charge in [0.25, 0.3) is 0 Å². The molecule has 0 aliphatic carbocycles. The highest BCUT2D eigenvalue weighted by molar-refractivity contribution is 8.03. The van der Waals surface area contributed by atoms with Gasteiger partial charge in [0.1, 0.15) is 0 Å². The lowest BCUT2D eigenvalue weighted by Crippen LogP contribution is -2.03. The maximum Gasteiger partial charge on any atom is 0.0115 e. The average Bonchev–Trinajstić information content (AvgIpc) is 2.32. The Balaban J connectivity index is 2.98. The van der Waals surface area contributed by atoms with Gasteiger partial charge in [0, 0.05) is 28.3 Å². The lowest BCUT2D eigenvalue weighted by Gasteiger charge is -2.08. The fourth-order valence-corrected chi connectivity index (χ4v) is 5.41. The molecule has 0 radical (unpaired) electrons. The molecule has 0 amide bonds. The molecule has 17 heavy (non-hydrogen) atoms. The summed E-state index contributed by atoms with van der Waals surface area (Å²) in [6.07, 6.45) is 2.45. The van der Waals surface area contributed by atoms with Crippen LogP contribution in [0, 0.1) is 0 Å². The summed E-state index contributed by atoms with van der Waals surface area (Å²) in [6, 6.07) is 0. The molecule has 1 unspecified atom stereocenters. The summed E-state index contributed by atoms with van der Waals surface area (Å²) in [6.45, 7) is 0. The van der Waals surface area contributed by atoms with Crippen molar-refractivity contribution in [2.24, 2.45) is 0 Å². The highest BCUT2D eigenvalue weighted by atomic mass is 32.2. The van der Waals surface area contributed by atoms with Crippen LogP contribution in [-0.2, 0) is 0 Å². The third-order valence-corrected chi connectivity index (χ3v) is 6.96. The summed E-state index contributed by atoms with van der Waals surface area (Å²) < 4.78 is 0. The van der Waals surface area contributed by atoms with Crippen molar-refractivity contribution >= 4 is 73.2 Å². The van der Waals surface area contributed by atoms with Crippen LogP contribution in [0.3, 0.4) is 0 Å². The molecule has 0 nitrogen and oxygen atoms in total. The largest absolute Gasteiger partial charge is 0.179 e. The minimum absolute atomic E-state index is 0.530. The molecule has 0 aromatic carbocycles. The molecule has 1 atom stereocenters. The Morgan fingerprint density at radius 2 is 1.41 bits per heavy atom. The van der Waals surface area contributed by atoms with Crippen LogP contribution in [0.5, 0.6) is 0 Å². The van der Waals surface area contributed by atoms with E-state index in [2.05, 4.69) is 49.6 Å². The van der Waals surface area contributed by atoms with E-state index in [1.165, 1.54) is 40.9 Å². The van der Waals surface area contributed by atoms with Crippen LogP contribution in [-0.4, -0.2) is 51.3 Å². The molecule has 6 heteroatoms. The van der Waals surface area contributed by atoms with E-state index >= 15 is 0 Å². The monoisotopic (exact) mass is 348 g/mol. The highest BCUT2D eigenvalue weighted by Gasteiger charge is 2.01. The Kier molecular flexibility index (Phi) is 18.2. The van der Waals surface area contributed by atoms with Gasteiger partial charge in [-0.2, -0.15) is 73.2 Å². The number of rotatable bonds is 13. The second-order valence-corrected chi connectivity index (χ2v) is 8.77. The van der Waals surface area contributed by atoms with Crippen LogP contribution < -0.4 is 0 Å². The zero-order valence-electron chi connectivity index (χ0n) is 10.2. The predicted molar refractivity (Wildman–Crippen MR) is 102 cm³/mol. The quantitative estimate of drug-likeness (QED) is 0.338. The molecule has 0 heterocycles. The van der Waals surface area contributed by atoms with Crippen molar-refractivity contribution in [1.29, 1.82) is 0 Å². The smallest absolute Gasteiger partial charge is 0.0115 e. The highest BCUT2D eigenvalue weighted by Crippen LogP contribution is 2.14. The second kappa shape index (κ2) is 16.2. The van der Waals surface area contributed by atoms with Crippen molar-refractivity contribution in [2.45, 2.75) is 18.1 Å². The van der Waals surface area contributed by atoms with Crippen molar-refractivity contribution < 1.29 is 0 Å². The normalized spacial score (nSPS) is 12.9. The number of hydrogen-bond acceptors (Lipinski definition) is 6. The van der Waals surface area contributed by atoms with E-state index in [4.69, 9.17) is 0 Å². The van der Waals surface area contributed by atoms with Gasteiger partial charge in [-0.3, -0.25) is 0 Å². The molecule has 0 fully saturated rings. The van der Waals surface area contributed by atoms with Gasteiger partial charge in [-0.1, -0.05) is 0 Å². The SMILES string of the molecule is SCCSCCSCCCSCC(S)CCS. The molecule has 0 aromatic heterocycles. The first-order valence-corrected chi connectivity index (χ1v) is 11.2. The molecule has 0 aliphatic rings. The Labute approximate surface area is 136 Å². The van der Waals surface area contributed by atoms with Crippen LogP contribution in [0.4, 0.5) is 0 Å². The Hall–Kier alpha value is 2.10. The molecular weight excluding hydrogens is 325 g/mol. The van der Waals surface area contributed by atoms with E-state index in [0.29, 0.717) is 5.25 Å². The fraction of sp³-hybridized carbons (Fsp3) is 1.00. The maximum atomic E-state index is 4.52. The van der Waals surface area contributed by atoms with Crippen LogP contribution in [0.2, 0.25) is 0 Å². The van der Waals surface area contributed by atoms with Gasteiger partial charge < -0.3 is 0 Å². The second-order valence-electron chi connectivity index (χ2n) is 3.54. The standard InChI is InChI=1S/C11H24S6/c12-3-2-11(14)10-17-6-1-5-15-8-9-16-7-4-13/h11-14H,1-10H2. The Morgan fingerprint density at radius 3 is 2.06 bits per heavy atom. The number of hydrogen-bond donors (Lipinski definition) is 3. The molecule has 0 saturated heterocycles. The average molecular weight is 349 g/mol.